The van der Waals surface area contributed by atoms with Crippen LogP contribution in [0.2, 0.25) is 0 Å². The molecule has 0 unspecified atom stereocenters. The van der Waals surface area contributed by atoms with Gasteiger partial charge in [-0.05, 0) is 51.2 Å². The Morgan fingerprint density at radius 3 is 2.17 bits per heavy atom. The quantitative estimate of drug-likeness (QED) is 0.609. The molecule has 23 heavy (non-hydrogen) atoms. The molecule has 0 N–H and O–H groups in total. The zero-order chi connectivity index (χ0) is 16.9. The number of ether oxygens (including phenoxy) is 2. The molecular weight excluding hydrogens is 316 g/mol. The Morgan fingerprint density at radius 2 is 1.61 bits per heavy atom. The number of hydrogen-bond donors (Lipinski definition) is 0. The molecule has 6 heteroatoms. The first-order valence-electron chi connectivity index (χ1n) is 7.91. The van der Waals surface area contributed by atoms with Crippen LogP contribution in [0.3, 0.4) is 0 Å². The highest BCUT2D eigenvalue weighted by molar-refractivity contribution is 7.86. The van der Waals surface area contributed by atoms with E-state index in [1.54, 1.807) is 45.4 Å². The second-order valence-electron chi connectivity index (χ2n) is 6.74. The summed E-state index contributed by atoms with van der Waals surface area (Å²) in [5, 5.41) is 0. The van der Waals surface area contributed by atoms with Crippen LogP contribution in [0, 0.1) is 18.8 Å². The average molecular weight is 340 g/mol. The van der Waals surface area contributed by atoms with E-state index >= 15 is 0 Å². The van der Waals surface area contributed by atoms with Gasteiger partial charge in [0, 0.05) is 20.1 Å². The van der Waals surface area contributed by atoms with Crippen LogP contribution >= 0.6 is 0 Å². The van der Waals surface area contributed by atoms with Gasteiger partial charge >= 0.3 is 0 Å². The fourth-order valence-corrected chi connectivity index (χ4v) is 5.72. The number of methoxy groups -OCH3 is 2. The van der Waals surface area contributed by atoms with Crippen molar-refractivity contribution in [2.75, 3.05) is 14.2 Å². The third-order valence-corrected chi connectivity index (χ3v) is 7.06. The van der Waals surface area contributed by atoms with Gasteiger partial charge in [0.2, 0.25) is 5.79 Å². The van der Waals surface area contributed by atoms with Gasteiger partial charge in [-0.25, -0.2) is 0 Å². The number of benzene rings is 1. The Hall–Kier alpha value is -0.950. The van der Waals surface area contributed by atoms with Crippen molar-refractivity contribution in [3.05, 3.63) is 29.8 Å². The van der Waals surface area contributed by atoms with Crippen molar-refractivity contribution < 1.29 is 22.1 Å². The van der Waals surface area contributed by atoms with E-state index in [1.807, 2.05) is 6.92 Å². The van der Waals surface area contributed by atoms with Crippen molar-refractivity contribution in [3.8, 4) is 0 Å². The Bertz CT molecular complexity index is 677. The van der Waals surface area contributed by atoms with E-state index in [0.717, 1.165) is 24.8 Å². The Kier molecular flexibility index (Phi) is 4.08. The van der Waals surface area contributed by atoms with Gasteiger partial charge in [-0.15, -0.1) is 0 Å². The third kappa shape index (κ3) is 2.35. The zero-order valence-corrected chi connectivity index (χ0v) is 14.9. The van der Waals surface area contributed by atoms with Crippen LogP contribution in [0.5, 0.6) is 0 Å². The van der Waals surface area contributed by atoms with Crippen LogP contribution in [0.25, 0.3) is 0 Å². The zero-order valence-electron chi connectivity index (χ0n) is 14.0. The normalized spacial score (nSPS) is 32.3. The van der Waals surface area contributed by atoms with Gasteiger partial charge in [0.25, 0.3) is 10.1 Å². The molecule has 0 saturated heterocycles. The largest absolute Gasteiger partial charge is 0.350 e. The van der Waals surface area contributed by atoms with E-state index in [-0.39, 0.29) is 16.7 Å². The van der Waals surface area contributed by atoms with Crippen LogP contribution in [0.1, 0.15) is 31.7 Å². The molecule has 1 aromatic carbocycles. The van der Waals surface area contributed by atoms with Gasteiger partial charge in [-0.3, -0.25) is 4.18 Å². The molecule has 3 rings (SSSR count). The smallest absolute Gasteiger partial charge is 0.297 e. The minimum absolute atomic E-state index is 0.104. The lowest BCUT2D eigenvalue weighted by Gasteiger charge is -2.47. The van der Waals surface area contributed by atoms with Crippen LogP contribution in [-0.2, 0) is 23.8 Å². The van der Waals surface area contributed by atoms with E-state index in [1.165, 1.54) is 0 Å². The Balaban J connectivity index is 1.98. The van der Waals surface area contributed by atoms with Gasteiger partial charge in [-0.2, -0.15) is 8.42 Å². The monoisotopic (exact) mass is 340 g/mol. The highest BCUT2D eigenvalue weighted by Crippen LogP contribution is 2.60. The second-order valence-corrected chi connectivity index (χ2v) is 8.29. The molecule has 2 aliphatic rings. The SMILES string of the molecule is COC1(OC)[C@H]2CC[C@H](C2)[C@]1(C)OS(=O)(=O)c1ccc(C)cc1. The summed E-state index contributed by atoms with van der Waals surface area (Å²) in [5.41, 5.74) is -0.0263. The molecule has 1 aromatic rings. The molecule has 3 atom stereocenters. The third-order valence-electron chi connectivity index (χ3n) is 5.64. The van der Waals surface area contributed by atoms with Crippen LogP contribution in [0.15, 0.2) is 29.2 Å². The Labute approximate surface area is 138 Å². The predicted octanol–water partition coefficient (Wildman–Crippen LogP) is 2.88. The number of rotatable bonds is 5. The van der Waals surface area contributed by atoms with Crippen molar-refractivity contribution in [2.24, 2.45) is 11.8 Å². The van der Waals surface area contributed by atoms with Crippen molar-refractivity contribution in [3.63, 3.8) is 0 Å². The van der Waals surface area contributed by atoms with E-state index in [0.29, 0.717) is 0 Å². The summed E-state index contributed by atoms with van der Waals surface area (Å²) in [6, 6.07) is 6.67. The van der Waals surface area contributed by atoms with Crippen LogP contribution in [-0.4, -0.2) is 34.0 Å². The maximum Gasteiger partial charge on any atom is 0.297 e. The van der Waals surface area contributed by atoms with Crippen LogP contribution < -0.4 is 0 Å². The molecule has 5 nitrogen and oxygen atoms in total. The molecule has 2 aliphatic carbocycles. The van der Waals surface area contributed by atoms with Gasteiger partial charge in [0.05, 0.1) is 4.90 Å². The van der Waals surface area contributed by atoms with Gasteiger partial charge in [-0.1, -0.05) is 17.7 Å². The van der Waals surface area contributed by atoms with E-state index in [2.05, 4.69) is 0 Å². The second kappa shape index (κ2) is 5.55. The summed E-state index contributed by atoms with van der Waals surface area (Å²) >= 11 is 0. The fourth-order valence-electron chi connectivity index (χ4n) is 4.45. The van der Waals surface area contributed by atoms with Gasteiger partial charge < -0.3 is 9.47 Å². The summed E-state index contributed by atoms with van der Waals surface area (Å²) in [7, 11) is -0.773. The maximum atomic E-state index is 12.8. The summed E-state index contributed by atoms with van der Waals surface area (Å²) in [6.45, 7) is 3.71. The highest BCUT2D eigenvalue weighted by atomic mass is 32.2. The predicted molar refractivity (Wildman–Crippen MR) is 85.4 cm³/mol. The van der Waals surface area contributed by atoms with Gasteiger partial charge in [0.15, 0.2) is 0 Å². The first kappa shape index (κ1) is 16.9. The minimum atomic E-state index is -3.89. The summed E-state index contributed by atoms with van der Waals surface area (Å²) in [6.07, 6.45) is 2.76. The van der Waals surface area contributed by atoms with Crippen LogP contribution in [0.4, 0.5) is 0 Å². The van der Waals surface area contributed by atoms with Crippen molar-refractivity contribution in [2.45, 2.75) is 49.4 Å². The molecule has 0 heterocycles. The lowest BCUT2D eigenvalue weighted by Crippen LogP contribution is -2.60. The van der Waals surface area contributed by atoms with Crippen molar-refractivity contribution in [1.82, 2.24) is 0 Å². The van der Waals surface area contributed by atoms with Crippen molar-refractivity contribution >= 4 is 10.1 Å². The summed E-state index contributed by atoms with van der Waals surface area (Å²) in [5.74, 6) is -0.762. The van der Waals surface area contributed by atoms with E-state index in [4.69, 9.17) is 13.7 Å². The maximum absolute atomic E-state index is 12.8. The lowest BCUT2D eigenvalue weighted by molar-refractivity contribution is -0.308. The highest BCUT2D eigenvalue weighted by Gasteiger charge is 2.69. The molecule has 0 amide bonds. The molecule has 0 aliphatic heterocycles. The topological polar surface area (TPSA) is 61.8 Å². The average Bonchev–Trinajstić information content (AvgIpc) is 3.06. The summed E-state index contributed by atoms with van der Waals surface area (Å²) < 4.78 is 42.7. The first-order valence-corrected chi connectivity index (χ1v) is 9.32. The lowest BCUT2D eigenvalue weighted by atomic mass is 9.80. The molecule has 2 bridgehead atoms. The number of fused-ring (bicyclic) bond motifs is 2. The molecule has 2 saturated carbocycles. The first-order chi connectivity index (χ1) is 10.8. The molecule has 128 valence electrons. The molecular formula is C17H24O5S. The van der Waals surface area contributed by atoms with E-state index < -0.39 is 21.5 Å². The van der Waals surface area contributed by atoms with Crippen molar-refractivity contribution in [1.29, 1.82) is 0 Å². The minimum Gasteiger partial charge on any atom is -0.350 e. The molecule has 0 spiro atoms. The Morgan fingerprint density at radius 1 is 1.04 bits per heavy atom. The van der Waals surface area contributed by atoms with E-state index in [9.17, 15) is 8.42 Å². The number of aryl methyl sites for hydroxylation is 1. The standard InChI is InChI=1S/C17H24O5S/c1-12-5-9-15(10-6-12)23(18,19)22-16(2)13-7-8-14(11-13)17(16,20-3)21-4/h5-6,9-10,13-14H,7-8,11H2,1-4H3/t13-,14+,16+/m1/s1. The molecule has 0 aromatic heterocycles. The summed E-state index contributed by atoms with van der Waals surface area (Å²) in [4.78, 5) is 0.160. The van der Waals surface area contributed by atoms with Gasteiger partial charge in [0.1, 0.15) is 5.60 Å². The number of hydrogen-bond acceptors (Lipinski definition) is 5. The molecule has 0 radical (unpaired) electrons. The fraction of sp³-hybridized carbons (Fsp3) is 0.647. The molecule has 2 fully saturated rings.